The highest BCUT2D eigenvalue weighted by molar-refractivity contribution is 5.89. The molecule has 0 bridgehead atoms. The topological polar surface area (TPSA) is 51.0 Å². The van der Waals surface area contributed by atoms with Gasteiger partial charge < -0.3 is 15.5 Å². The van der Waals surface area contributed by atoms with Gasteiger partial charge in [0.15, 0.2) is 5.82 Å². The van der Waals surface area contributed by atoms with Crippen LogP contribution < -0.4 is 10.5 Å². The third-order valence-electron chi connectivity index (χ3n) is 5.03. The van der Waals surface area contributed by atoms with Crippen LogP contribution in [0.15, 0.2) is 30.3 Å². The van der Waals surface area contributed by atoms with Crippen LogP contribution >= 0.6 is 0 Å². The van der Waals surface area contributed by atoms with Gasteiger partial charge in [0.1, 0.15) is 5.75 Å². The molecule has 0 atom stereocenters. The molecule has 4 rings (SSSR count). The van der Waals surface area contributed by atoms with Crippen molar-refractivity contribution in [3.63, 3.8) is 0 Å². The predicted molar refractivity (Wildman–Crippen MR) is 90.6 cm³/mol. The average Bonchev–Trinajstić information content (AvgIpc) is 2.91. The summed E-state index contributed by atoms with van der Waals surface area (Å²) in [6.07, 6.45) is 0.779. The number of hydrogen-bond acceptors (Lipinski definition) is 2. The quantitative estimate of drug-likeness (QED) is 0.664. The number of anilines is 1. The summed E-state index contributed by atoms with van der Waals surface area (Å²) >= 11 is 0. The molecule has 1 aromatic heterocycles. The van der Waals surface area contributed by atoms with E-state index in [1.54, 1.807) is 13.2 Å². The zero-order valence-electron chi connectivity index (χ0n) is 13.5. The molecule has 4 heteroatoms. The molecular formula is C19H19FN2O. The van der Waals surface area contributed by atoms with Crippen LogP contribution in [0.3, 0.4) is 0 Å². The minimum atomic E-state index is -0.366. The standard InChI is InChI=1S/C19H19FN2O/c1-19(2)14-9-11(23-3)5-4-10(14)8-13-12-6-7-15(21)16(20)17(12)22-18(13)19/h4-7,9,22H,8,21H2,1-3H3. The number of nitrogens with one attached hydrogen (secondary N) is 1. The number of rotatable bonds is 1. The normalized spacial score (nSPS) is 15.3. The predicted octanol–water partition coefficient (Wildman–Crippen LogP) is 4.13. The first kappa shape index (κ1) is 14.1. The Morgan fingerprint density at radius 1 is 1.22 bits per heavy atom. The lowest BCUT2D eigenvalue weighted by Gasteiger charge is -2.33. The number of nitrogen functional groups attached to an aromatic ring is 1. The highest BCUT2D eigenvalue weighted by Gasteiger charge is 2.35. The Bertz CT molecular complexity index is 940. The van der Waals surface area contributed by atoms with Crippen LogP contribution in [0.4, 0.5) is 10.1 Å². The minimum absolute atomic E-state index is 0.174. The van der Waals surface area contributed by atoms with Gasteiger partial charge in [0.25, 0.3) is 0 Å². The molecule has 1 heterocycles. The third-order valence-corrected chi connectivity index (χ3v) is 5.03. The molecule has 0 saturated carbocycles. The molecule has 2 aromatic carbocycles. The van der Waals surface area contributed by atoms with E-state index in [2.05, 4.69) is 31.0 Å². The van der Waals surface area contributed by atoms with Crippen molar-refractivity contribution in [1.82, 2.24) is 4.98 Å². The van der Waals surface area contributed by atoms with E-state index in [0.717, 1.165) is 28.8 Å². The van der Waals surface area contributed by atoms with Crippen LogP contribution in [0.1, 0.15) is 36.2 Å². The molecule has 0 aliphatic heterocycles. The zero-order valence-corrected chi connectivity index (χ0v) is 13.5. The SMILES string of the molecule is COc1ccc2c(c1)C(C)(C)c1[nH]c3c(F)c(N)ccc3c1C2. The van der Waals surface area contributed by atoms with Gasteiger partial charge in [-0.1, -0.05) is 26.0 Å². The van der Waals surface area contributed by atoms with Gasteiger partial charge in [0.05, 0.1) is 18.3 Å². The highest BCUT2D eigenvalue weighted by atomic mass is 19.1. The lowest BCUT2D eigenvalue weighted by atomic mass is 9.72. The maximum Gasteiger partial charge on any atom is 0.170 e. The van der Waals surface area contributed by atoms with Gasteiger partial charge in [-0.05, 0) is 34.9 Å². The van der Waals surface area contributed by atoms with Crippen molar-refractivity contribution >= 4 is 16.6 Å². The van der Waals surface area contributed by atoms with E-state index in [-0.39, 0.29) is 16.9 Å². The summed E-state index contributed by atoms with van der Waals surface area (Å²) in [5, 5.41) is 0.918. The Kier molecular flexibility index (Phi) is 2.77. The van der Waals surface area contributed by atoms with E-state index in [1.807, 2.05) is 12.1 Å². The first-order valence-corrected chi connectivity index (χ1v) is 7.70. The van der Waals surface area contributed by atoms with E-state index in [4.69, 9.17) is 10.5 Å². The van der Waals surface area contributed by atoms with Crippen molar-refractivity contribution in [2.75, 3.05) is 12.8 Å². The molecule has 1 aliphatic rings. The summed E-state index contributed by atoms with van der Waals surface area (Å²) in [6.45, 7) is 4.31. The molecule has 1 aliphatic carbocycles. The average molecular weight is 310 g/mol. The van der Waals surface area contributed by atoms with Crippen molar-refractivity contribution in [3.05, 3.63) is 58.5 Å². The summed E-state index contributed by atoms with van der Waals surface area (Å²) in [6, 6.07) is 9.71. The van der Waals surface area contributed by atoms with Gasteiger partial charge in [-0.3, -0.25) is 0 Å². The zero-order chi connectivity index (χ0) is 16.4. The Hall–Kier alpha value is -2.49. The molecule has 0 saturated heterocycles. The second-order valence-electron chi connectivity index (χ2n) is 6.69. The third kappa shape index (κ3) is 1.81. The molecule has 0 spiro atoms. The Balaban J connectivity index is 2.02. The smallest absolute Gasteiger partial charge is 0.170 e. The number of benzene rings is 2. The molecule has 3 aromatic rings. The van der Waals surface area contributed by atoms with Crippen LogP contribution in [0.25, 0.3) is 10.9 Å². The van der Waals surface area contributed by atoms with Gasteiger partial charge in [-0.25, -0.2) is 4.39 Å². The van der Waals surface area contributed by atoms with Crippen molar-refractivity contribution in [2.45, 2.75) is 25.7 Å². The number of methoxy groups -OCH3 is 1. The molecule has 0 fully saturated rings. The Morgan fingerprint density at radius 3 is 2.74 bits per heavy atom. The van der Waals surface area contributed by atoms with Gasteiger partial charge in [0.2, 0.25) is 0 Å². The number of fused-ring (bicyclic) bond motifs is 4. The van der Waals surface area contributed by atoms with Gasteiger partial charge >= 0.3 is 0 Å². The summed E-state index contributed by atoms with van der Waals surface area (Å²) in [5.74, 6) is 0.473. The van der Waals surface area contributed by atoms with Crippen LogP contribution in [0, 0.1) is 5.82 Å². The van der Waals surface area contributed by atoms with Crippen LogP contribution in [0.2, 0.25) is 0 Å². The monoisotopic (exact) mass is 310 g/mol. The van der Waals surface area contributed by atoms with Crippen molar-refractivity contribution in [3.8, 4) is 5.75 Å². The minimum Gasteiger partial charge on any atom is -0.497 e. The number of hydrogen-bond donors (Lipinski definition) is 2. The number of ether oxygens (including phenoxy) is 1. The Labute approximate surface area is 134 Å². The molecule has 23 heavy (non-hydrogen) atoms. The van der Waals surface area contributed by atoms with Crippen molar-refractivity contribution in [1.29, 1.82) is 0 Å². The largest absolute Gasteiger partial charge is 0.497 e. The van der Waals surface area contributed by atoms with Crippen molar-refractivity contribution in [2.24, 2.45) is 0 Å². The number of aromatic nitrogens is 1. The van der Waals surface area contributed by atoms with Gasteiger partial charge in [-0.15, -0.1) is 0 Å². The first-order valence-electron chi connectivity index (χ1n) is 7.70. The molecule has 0 amide bonds. The van der Waals surface area contributed by atoms with Crippen LogP contribution in [-0.4, -0.2) is 12.1 Å². The fraction of sp³-hybridized carbons (Fsp3) is 0.263. The summed E-state index contributed by atoms with van der Waals surface area (Å²) in [5.41, 5.74) is 10.8. The summed E-state index contributed by atoms with van der Waals surface area (Å²) in [7, 11) is 1.67. The number of H-pyrrole nitrogens is 1. The molecular weight excluding hydrogens is 291 g/mol. The number of nitrogens with two attached hydrogens (primary N) is 1. The summed E-state index contributed by atoms with van der Waals surface area (Å²) < 4.78 is 19.8. The van der Waals surface area contributed by atoms with Crippen LogP contribution in [0.5, 0.6) is 5.75 Å². The lowest BCUT2D eigenvalue weighted by Crippen LogP contribution is -2.27. The molecule has 118 valence electrons. The lowest BCUT2D eigenvalue weighted by molar-refractivity contribution is 0.412. The first-order chi connectivity index (χ1) is 10.9. The summed E-state index contributed by atoms with van der Waals surface area (Å²) in [4.78, 5) is 3.30. The molecule has 3 N–H and O–H groups in total. The number of aromatic amines is 1. The maximum atomic E-state index is 14.4. The van der Waals surface area contributed by atoms with Crippen molar-refractivity contribution < 1.29 is 9.13 Å². The fourth-order valence-corrected chi connectivity index (χ4v) is 3.76. The maximum absolute atomic E-state index is 14.4. The molecule has 0 radical (unpaired) electrons. The fourth-order valence-electron chi connectivity index (χ4n) is 3.76. The Morgan fingerprint density at radius 2 is 2.00 bits per heavy atom. The van der Waals surface area contributed by atoms with E-state index >= 15 is 0 Å². The second kappa shape index (κ2) is 4.51. The van der Waals surface area contributed by atoms with Gasteiger partial charge in [-0.2, -0.15) is 0 Å². The van der Waals surface area contributed by atoms with Gasteiger partial charge in [0, 0.05) is 22.9 Å². The van der Waals surface area contributed by atoms with E-state index < -0.39 is 0 Å². The molecule has 0 unspecified atom stereocenters. The number of halogens is 1. The van der Waals surface area contributed by atoms with E-state index in [9.17, 15) is 4.39 Å². The van der Waals surface area contributed by atoms with E-state index in [0.29, 0.717) is 5.52 Å². The molecule has 3 nitrogen and oxygen atoms in total. The second-order valence-corrected chi connectivity index (χ2v) is 6.69. The highest BCUT2D eigenvalue weighted by Crippen LogP contribution is 2.45. The van der Waals surface area contributed by atoms with E-state index in [1.165, 1.54) is 11.1 Å². The van der Waals surface area contributed by atoms with Crippen LogP contribution in [-0.2, 0) is 11.8 Å².